The zero-order chi connectivity index (χ0) is 22.3. The second kappa shape index (κ2) is 8.05. The highest BCUT2D eigenvalue weighted by molar-refractivity contribution is 7.89. The third-order valence-electron chi connectivity index (χ3n) is 4.84. The molecule has 4 rings (SSSR count). The van der Waals surface area contributed by atoms with Gasteiger partial charge < -0.3 is 9.84 Å². The zero-order valence-corrected chi connectivity index (χ0v) is 18.1. The summed E-state index contributed by atoms with van der Waals surface area (Å²) in [5, 5.41) is 14.3. The minimum absolute atomic E-state index is 0.0266. The Morgan fingerprint density at radius 3 is 2.71 bits per heavy atom. The number of nitrogens with zero attached hydrogens (tertiary/aromatic N) is 4. The Labute approximate surface area is 180 Å². The van der Waals surface area contributed by atoms with E-state index in [1.165, 1.54) is 17.3 Å². The van der Waals surface area contributed by atoms with Gasteiger partial charge in [-0.3, -0.25) is 4.79 Å². The van der Waals surface area contributed by atoms with Gasteiger partial charge in [-0.1, -0.05) is 16.5 Å². The number of sulfonamides is 1. The first-order valence-corrected chi connectivity index (χ1v) is 11.5. The minimum Gasteiger partial charge on any atom is -0.360 e. The van der Waals surface area contributed by atoms with Crippen LogP contribution in [0.4, 0.5) is 14.5 Å². The minimum atomic E-state index is -3.88. The van der Waals surface area contributed by atoms with E-state index < -0.39 is 33.6 Å². The second-order valence-electron chi connectivity index (χ2n) is 6.96. The Bertz CT molecular complexity index is 1240. The van der Waals surface area contributed by atoms with Crippen LogP contribution in [0, 0.1) is 25.5 Å². The van der Waals surface area contributed by atoms with Gasteiger partial charge in [-0.15, -0.1) is 10.2 Å². The van der Waals surface area contributed by atoms with E-state index in [0.717, 1.165) is 23.5 Å². The van der Waals surface area contributed by atoms with Crippen molar-refractivity contribution in [2.45, 2.75) is 37.6 Å². The van der Waals surface area contributed by atoms with E-state index in [1.807, 2.05) is 0 Å². The molecule has 0 saturated carbocycles. The van der Waals surface area contributed by atoms with Crippen molar-refractivity contribution < 1.29 is 26.5 Å². The van der Waals surface area contributed by atoms with Crippen LogP contribution in [0.5, 0.6) is 0 Å². The number of carbonyl (C=O) groups excluding carboxylic acids is 1. The predicted molar refractivity (Wildman–Crippen MR) is 106 cm³/mol. The Kier molecular flexibility index (Phi) is 5.58. The number of benzene rings is 1. The number of aromatic nitrogens is 3. The lowest BCUT2D eigenvalue weighted by molar-refractivity contribution is 0.102. The molecule has 31 heavy (non-hydrogen) atoms. The molecular weight excluding hydrogens is 452 g/mol. The van der Waals surface area contributed by atoms with E-state index >= 15 is 0 Å². The van der Waals surface area contributed by atoms with Gasteiger partial charge in [-0.05, 0) is 38.8 Å². The van der Waals surface area contributed by atoms with Crippen molar-refractivity contribution in [1.29, 1.82) is 0 Å². The summed E-state index contributed by atoms with van der Waals surface area (Å²) < 4.78 is 59.1. The molecule has 0 aliphatic carbocycles. The van der Waals surface area contributed by atoms with Crippen molar-refractivity contribution in [1.82, 2.24) is 19.7 Å². The molecule has 9 nitrogen and oxygen atoms in total. The van der Waals surface area contributed by atoms with E-state index in [1.54, 1.807) is 6.92 Å². The lowest BCUT2D eigenvalue weighted by Crippen LogP contribution is -2.31. The average Bonchev–Trinajstić information content (AvgIpc) is 3.44. The maximum atomic E-state index is 13.3. The van der Waals surface area contributed by atoms with Gasteiger partial charge >= 0.3 is 0 Å². The first-order valence-electron chi connectivity index (χ1n) is 9.23. The number of rotatable bonds is 5. The molecule has 1 aliphatic heterocycles. The third kappa shape index (κ3) is 3.95. The Balaban J connectivity index is 1.56. The lowest BCUT2D eigenvalue weighted by atomic mass is 10.2. The predicted octanol–water partition coefficient (Wildman–Crippen LogP) is 3.20. The summed E-state index contributed by atoms with van der Waals surface area (Å²) in [6.45, 7) is 3.37. The van der Waals surface area contributed by atoms with Gasteiger partial charge in [0.15, 0.2) is 17.4 Å². The van der Waals surface area contributed by atoms with Crippen molar-refractivity contribution in [3.05, 3.63) is 51.3 Å². The Morgan fingerprint density at radius 1 is 1.26 bits per heavy atom. The monoisotopic (exact) mass is 469 g/mol. The fourth-order valence-corrected chi connectivity index (χ4v) is 6.36. The fourth-order valence-electron chi connectivity index (χ4n) is 3.45. The molecule has 2 aromatic heterocycles. The number of anilines is 1. The molecule has 0 spiro atoms. The molecule has 0 bridgehead atoms. The van der Waals surface area contributed by atoms with Gasteiger partial charge in [-0.25, -0.2) is 17.2 Å². The number of hydrogen-bond donors (Lipinski definition) is 1. The van der Waals surface area contributed by atoms with Crippen molar-refractivity contribution in [2.24, 2.45) is 0 Å². The van der Waals surface area contributed by atoms with Crippen LogP contribution in [0.3, 0.4) is 0 Å². The highest BCUT2D eigenvalue weighted by atomic mass is 32.2. The maximum Gasteiger partial charge on any atom is 0.286 e. The number of aryl methyl sites for hydroxylation is 2. The highest BCUT2D eigenvalue weighted by Crippen LogP contribution is 2.39. The van der Waals surface area contributed by atoms with Gasteiger partial charge in [0.1, 0.15) is 15.6 Å². The number of halogens is 2. The van der Waals surface area contributed by atoms with E-state index in [0.29, 0.717) is 17.8 Å². The normalized spacial score (nSPS) is 17.2. The van der Waals surface area contributed by atoms with Gasteiger partial charge in [0.25, 0.3) is 5.91 Å². The molecule has 1 amide bonds. The van der Waals surface area contributed by atoms with Gasteiger partial charge in [0.05, 0.1) is 6.04 Å². The Morgan fingerprint density at radius 2 is 2.03 bits per heavy atom. The molecule has 1 atom stereocenters. The number of nitrogens with one attached hydrogen (secondary N) is 1. The quantitative estimate of drug-likeness (QED) is 0.610. The molecule has 13 heteroatoms. The zero-order valence-electron chi connectivity index (χ0n) is 16.4. The summed E-state index contributed by atoms with van der Waals surface area (Å²) in [5.74, 6) is -2.58. The van der Waals surface area contributed by atoms with Crippen LogP contribution in [0.25, 0.3) is 0 Å². The summed E-state index contributed by atoms with van der Waals surface area (Å²) in [6.07, 6.45) is 1.13. The van der Waals surface area contributed by atoms with Gasteiger partial charge in [0, 0.05) is 18.3 Å². The molecule has 0 unspecified atom stereocenters. The van der Waals surface area contributed by atoms with Crippen LogP contribution in [-0.4, -0.2) is 40.5 Å². The van der Waals surface area contributed by atoms with Gasteiger partial charge in [-0.2, -0.15) is 4.31 Å². The van der Waals surface area contributed by atoms with Crippen LogP contribution in [0.1, 0.15) is 45.1 Å². The van der Waals surface area contributed by atoms with Gasteiger partial charge in [0.2, 0.25) is 15.0 Å². The Hall–Kier alpha value is -2.77. The summed E-state index contributed by atoms with van der Waals surface area (Å²) in [7, 11) is -3.88. The SMILES string of the molecule is Cc1noc(C)c1S(=O)(=O)N1CCC[C@@H]1c1nnc(C(=O)Nc2ccc(F)c(F)c2)s1. The van der Waals surface area contributed by atoms with Crippen LogP contribution in [-0.2, 0) is 10.0 Å². The first-order chi connectivity index (χ1) is 14.7. The molecule has 164 valence electrons. The van der Waals surface area contributed by atoms with E-state index in [2.05, 4.69) is 20.7 Å². The number of carbonyl (C=O) groups is 1. The third-order valence-corrected chi connectivity index (χ3v) is 8.01. The molecule has 3 heterocycles. The smallest absolute Gasteiger partial charge is 0.286 e. The number of amides is 1. The second-order valence-corrected chi connectivity index (χ2v) is 9.79. The standard InChI is InChI=1S/C18H17F2N5O4S2/c1-9-15(10(2)29-24-9)31(27,28)25-7-3-4-14(25)17-22-23-18(30-17)16(26)21-11-5-6-12(19)13(20)8-11/h5-6,8,14H,3-4,7H2,1-2H3,(H,21,26)/t14-/m1/s1. The first kappa shape index (κ1) is 21.5. The molecule has 1 fully saturated rings. The number of hydrogen-bond acceptors (Lipinski definition) is 8. The lowest BCUT2D eigenvalue weighted by Gasteiger charge is -2.21. The van der Waals surface area contributed by atoms with Crippen LogP contribution in [0.15, 0.2) is 27.6 Å². The molecule has 1 aromatic carbocycles. The van der Waals surface area contributed by atoms with Crippen LogP contribution < -0.4 is 5.32 Å². The van der Waals surface area contributed by atoms with Crippen LogP contribution in [0.2, 0.25) is 0 Å². The molecule has 1 saturated heterocycles. The largest absolute Gasteiger partial charge is 0.360 e. The summed E-state index contributed by atoms with van der Waals surface area (Å²) >= 11 is 0.943. The summed E-state index contributed by atoms with van der Waals surface area (Å²) in [6, 6.07) is 2.38. The fraction of sp³-hybridized carbons (Fsp3) is 0.333. The molecular formula is C18H17F2N5O4S2. The summed E-state index contributed by atoms with van der Waals surface area (Å²) in [4.78, 5) is 12.4. The molecule has 1 N–H and O–H groups in total. The maximum absolute atomic E-state index is 13.3. The van der Waals surface area contributed by atoms with Crippen molar-refractivity contribution in [2.75, 3.05) is 11.9 Å². The average molecular weight is 469 g/mol. The van der Waals surface area contributed by atoms with E-state index in [4.69, 9.17) is 4.52 Å². The summed E-state index contributed by atoms with van der Waals surface area (Å²) in [5.41, 5.74) is 0.330. The van der Waals surface area contributed by atoms with Crippen molar-refractivity contribution in [3.63, 3.8) is 0 Å². The van der Waals surface area contributed by atoms with E-state index in [9.17, 15) is 22.0 Å². The molecule has 3 aromatic rings. The molecule has 1 aliphatic rings. The topological polar surface area (TPSA) is 118 Å². The highest BCUT2D eigenvalue weighted by Gasteiger charge is 2.41. The molecule has 0 radical (unpaired) electrons. The van der Waals surface area contributed by atoms with Crippen molar-refractivity contribution in [3.8, 4) is 0 Å². The van der Waals surface area contributed by atoms with Crippen molar-refractivity contribution >= 4 is 33.0 Å². The van der Waals surface area contributed by atoms with E-state index in [-0.39, 0.29) is 33.6 Å². The van der Waals surface area contributed by atoms with Crippen LogP contribution >= 0.6 is 11.3 Å².